The molecule has 1 N–H and O–H groups in total. The van der Waals surface area contributed by atoms with Gasteiger partial charge < -0.3 is 10.1 Å². The van der Waals surface area contributed by atoms with Gasteiger partial charge >= 0.3 is 0 Å². The van der Waals surface area contributed by atoms with Gasteiger partial charge in [-0.2, -0.15) is 0 Å². The highest BCUT2D eigenvalue weighted by molar-refractivity contribution is 5.44. The van der Waals surface area contributed by atoms with Crippen LogP contribution in [0, 0.1) is 20.8 Å². The fraction of sp³-hybridized carbons (Fsp3) is 0.333. The molecule has 0 aliphatic heterocycles. The highest BCUT2D eigenvalue weighted by Crippen LogP contribution is 2.29. The van der Waals surface area contributed by atoms with Crippen LogP contribution < -0.4 is 10.1 Å². The van der Waals surface area contributed by atoms with Crippen molar-refractivity contribution in [2.45, 2.75) is 26.8 Å². The van der Waals surface area contributed by atoms with Gasteiger partial charge in [0.1, 0.15) is 5.75 Å². The molecule has 0 aliphatic rings. The first-order chi connectivity index (χ1) is 9.58. The van der Waals surface area contributed by atoms with Crippen LogP contribution in [0.4, 0.5) is 0 Å². The summed E-state index contributed by atoms with van der Waals surface area (Å²) in [5.74, 6) is 0.935. The number of hydrogen-bond acceptors (Lipinski definition) is 2. The van der Waals surface area contributed by atoms with Crippen LogP contribution in [-0.2, 0) is 0 Å². The van der Waals surface area contributed by atoms with E-state index in [1.165, 1.54) is 22.3 Å². The Labute approximate surface area is 121 Å². The molecule has 106 valence electrons. The highest BCUT2D eigenvalue weighted by Gasteiger charge is 2.15. The standard InChI is InChI=1S/C18H23NO/c1-12-7-6-8-16(14(12)3)18(19-4)15-9-10-17(20-5)13(2)11-15/h6-11,18-19H,1-5H3. The lowest BCUT2D eigenvalue weighted by molar-refractivity contribution is 0.411. The average molecular weight is 269 g/mol. The van der Waals surface area contributed by atoms with Gasteiger partial charge in [-0.15, -0.1) is 0 Å². The Morgan fingerprint density at radius 3 is 2.35 bits per heavy atom. The van der Waals surface area contributed by atoms with Gasteiger partial charge in [0.15, 0.2) is 0 Å². The third-order valence-corrected chi connectivity index (χ3v) is 4.00. The van der Waals surface area contributed by atoms with Crippen LogP contribution in [-0.4, -0.2) is 14.2 Å². The van der Waals surface area contributed by atoms with E-state index in [0.29, 0.717) is 0 Å². The Morgan fingerprint density at radius 1 is 1.00 bits per heavy atom. The first-order valence-electron chi connectivity index (χ1n) is 6.96. The van der Waals surface area contributed by atoms with E-state index in [-0.39, 0.29) is 6.04 Å². The third-order valence-electron chi connectivity index (χ3n) is 4.00. The average Bonchev–Trinajstić information content (AvgIpc) is 2.44. The predicted molar refractivity (Wildman–Crippen MR) is 84.5 cm³/mol. The van der Waals surface area contributed by atoms with E-state index >= 15 is 0 Å². The molecule has 0 spiro atoms. The first kappa shape index (κ1) is 14.6. The lowest BCUT2D eigenvalue weighted by Gasteiger charge is -2.21. The number of ether oxygens (including phenoxy) is 1. The van der Waals surface area contributed by atoms with Gasteiger partial charge in [-0.25, -0.2) is 0 Å². The van der Waals surface area contributed by atoms with Crippen molar-refractivity contribution in [1.82, 2.24) is 5.32 Å². The molecule has 2 nitrogen and oxygen atoms in total. The zero-order valence-corrected chi connectivity index (χ0v) is 12.9. The minimum absolute atomic E-state index is 0.208. The molecule has 2 aromatic carbocycles. The summed E-state index contributed by atoms with van der Waals surface area (Å²) in [4.78, 5) is 0. The second kappa shape index (κ2) is 6.10. The van der Waals surface area contributed by atoms with Gasteiger partial charge in [-0.3, -0.25) is 0 Å². The smallest absolute Gasteiger partial charge is 0.121 e. The Hall–Kier alpha value is -1.80. The van der Waals surface area contributed by atoms with E-state index < -0.39 is 0 Å². The topological polar surface area (TPSA) is 21.3 Å². The van der Waals surface area contributed by atoms with Gasteiger partial charge in [0.2, 0.25) is 0 Å². The molecular weight excluding hydrogens is 246 g/mol. The van der Waals surface area contributed by atoms with Crippen LogP contribution in [0.25, 0.3) is 0 Å². The molecule has 0 bridgehead atoms. The van der Waals surface area contributed by atoms with E-state index in [1.54, 1.807) is 7.11 Å². The van der Waals surface area contributed by atoms with Crippen molar-refractivity contribution < 1.29 is 4.74 Å². The molecule has 1 unspecified atom stereocenters. The van der Waals surface area contributed by atoms with Crippen LogP contribution >= 0.6 is 0 Å². The Morgan fingerprint density at radius 2 is 1.75 bits per heavy atom. The monoisotopic (exact) mass is 269 g/mol. The molecule has 0 saturated carbocycles. The summed E-state index contributed by atoms with van der Waals surface area (Å²) in [6, 6.07) is 13.1. The lowest BCUT2D eigenvalue weighted by Crippen LogP contribution is -2.19. The van der Waals surface area contributed by atoms with E-state index in [1.807, 2.05) is 13.1 Å². The SMILES string of the molecule is CNC(c1ccc(OC)c(C)c1)c1cccc(C)c1C. The second-order valence-electron chi connectivity index (χ2n) is 5.24. The summed E-state index contributed by atoms with van der Waals surface area (Å²) in [6.07, 6.45) is 0. The quantitative estimate of drug-likeness (QED) is 0.908. The van der Waals surface area contributed by atoms with Crippen molar-refractivity contribution in [3.05, 3.63) is 64.2 Å². The predicted octanol–water partition coefficient (Wildman–Crippen LogP) is 3.93. The maximum Gasteiger partial charge on any atom is 0.121 e. The molecule has 0 aromatic heterocycles. The van der Waals surface area contributed by atoms with Crippen molar-refractivity contribution in [2.24, 2.45) is 0 Å². The van der Waals surface area contributed by atoms with Gasteiger partial charge in [-0.05, 0) is 61.7 Å². The molecular formula is C18H23NO. The van der Waals surface area contributed by atoms with Gasteiger partial charge in [0.25, 0.3) is 0 Å². The molecule has 0 heterocycles. The number of nitrogens with one attached hydrogen (secondary N) is 1. The summed E-state index contributed by atoms with van der Waals surface area (Å²) in [5.41, 5.74) is 6.43. The van der Waals surface area contributed by atoms with Crippen LogP contribution in [0.3, 0.4) is 0 Å². The summed E-state index contributed by atoms with van der Waals surface area (Å²) >= 11 is 0. The van der Waals surface area contributed by atoms with Crippen LogP contribution in [0.2, 0.25) is 0 Å². The van der Waals surface area contributed by atoms with Crippen molar-refractivity contribution in [3.8, 4) is 5.75 Å². The van der Waals surface area contributed by atoms with E-state index in [4.69, 9.17) is 4.74 Å². The summed E-state index contributed by atoms with van der Waals surface area (Å²) < 4.78 is 5.34. The van der Waals surface area contributed by atoms with Crippen molar-refractivity contribution in [3.63, 3.8) is 0 Å². The summed E-state index contributed by atoms with van der Waals surface area (Å²) in [5, 5.41) is 3.43. The maximum absolute atomic E-state index is 5.34. The van der Waals surface area contributed by atoms with Crippen molar-refractivity contribution >= 4 is 0 Å². The molecule has 0 radical (unpaired) electrons. The number of benzene rings is 2. The van der Waals surface area contributed by atoms with Crippen LogP contribution in [0.1, 0.15) is 33.9 Å². The zero-order valence-electron chi connectivity index (χ0n) is 12.9. The first-order valence-corrected chi connectivity index (χ1v) is 6.96. The molecule has 0 fully saturated rings. The second-order valence-corrected chi connectivity index (χ2v) is 5.24. The fourth-order valence-corrected chi connectivity index (χ4v) is 2.67. The molecule has 20 heavy (non-hydrogen) atoms. The number of rotatable bonds is 4. The van der Waals surface area contributed by atoms with E-state index in [2.05, 4.69) is 56.4 Å². The molecule has 2 aromatic rings. The third kappa shape index (κ3) is 2.70. The molecule has 2 rings (SSSR count). The number of hydrogen-bond donors (Lipinski definition) is 1. The summed E-state index contributed by atoms with van der Waals surface area (Å²) in [7, 11) is 3.72. The Bertz CT molecular complexity index is 604. The van der Waals surface area contributed by atoms with Crippen LogP contribution in [0.15, 0.2) is 36.4 Å². The number of methoxy groups -OCH3 is 1. The molecule has 2 heteroatoms. The minimum Gasteiger partial charge on any atom is -0.496 e. The normalized spacial score (nSPS) is 12.2. The molecule has 0 amide bonds. The lowest BCUT2D eigenvalue weighted by atomic mass is 9.92. The zero-order chi connectivity index (χ0) is 14.7. The Kier molecular flexibility index (Phi) is 4.46. The van der Waals surface area contributed by atoms with Gasteiger partial charge in [0.05, 0.1) is 13.2 Å². The van der Waals surface area contributed by atoms with Gasteiger partial charge in [-0.1, -0.05) is 30.3 Å². The maximum atomic E-state index is 5.34. The van der Waals surface area contributed by atoms with Crippen molar-refractivity contribution in [1.29, 1.82) is 0 Å². The van der Waals surface area contributed by atoms with Gasteiger partial charge in [0, 0.05) is 0 Å². The number of aryl methyl sites for hydroxylation is 2. The largest absolute Gasteiger partial charge is 0.496 e. The minimum atomic E-state index is 0.208. The molecule has 0 saturated heterocycles. The van der Waals surface area contributed by atoms with E-state index in [0.717, 1.165) is 11.3 Å². The summed E-state index contributed by atoms with van der Waals surface area (Å²) in [6.45, 7) is 6.42. The highest BCUT2D eigenvalue weighted by atomic mass is 16.5. The Balaban J connectivity index is 2.47. The van der Waals surface area contributed by atoms with E-state index in [9.17, 15) is 0 Å². The van der Waals surface area contributed by atoms with Crippen molar-refractivity contribution in [2.75, 3.05) is 14.2 Å². The molecule has 1 atom stereocenters. The van der Waals surface area contributed by atoms with Crippen LogP contribution in [0.5, 0.6) is 5.75 Å². The fourth-order valence-electron chi connectivity index (χ4n) is 2.67. The molecule has 0 aliphatic carbocycles.